The van der Waals surface area contributed by atoms with Gasteiger partial charge in [-0.2, -0.15) is 5.10 Å². The Morgan fingerprint density at radius 3 is 2.52 bits per heavy atom. The first-order valence-electron chi connectivity index (χ1n) is 6.89. The first-order chi connectivity index (χ1) is 9.66. The predicted molar refractivity (Wildman–Crippen MR) is 80.9 cm³/mol. The van der Waals surface area contributed by atoms with Gasteiger partial charge in [0.05, 0.1) is 17.4 Å². The van der Waals surface area contributed by atoms with E-state index in [1.54, 1.807) is 17.1 Å². The SMILES string of the molecule is C#CC(C)n1cc(C=C(F)B2OC(C)(C)C(C)(C)O2)cn1. The molecule has 0 bridgehead atoms. The maximum Gasteiger partial charge on any atom is 0.525 e. The van der Waals surface area contributed by atoms with Crippen LogP contribution in [0.2, 0.25) is 0 Å². The van der Waals surface area contributed by atoms with Gasteiger partial charge in [-0.25, -0.2) is 4.39 Å². The predicted octanol–water partition coefficient (Wildman–Crippen LogP) is 3.02. The summed E-state index contributed by atoms with van der Waals surface area (Å²) in [4.78, 5) is 0. The van der Waals surface area contributed by atoms with Crippen molar-refractivity contribution in [3.8, 4) is 12.3 Å². The molecule has 0 spiro atoms. The molecular formula is C15H20BFN2O2. The van der Waals surface area contributed by atoms with E-state index in [9.17, 15) is 4.39 Å². The standard InChI is InChI=1S/C15H20BFN2O2/c1-7-11(2)19-10-12(9-18-19)8-13(17)16-20-14(3,4)15(5,6)21-16/h1,8-11H,2-6H3. The van der Waals surface area contributed by atoms with Gasteiger partial charge in [0.25, 0.3) is 0 Å². The lowest BCUT2D eigenvalue weighted by atomic mass is 9.87. The van der Waals surface area contributed by atoms with E-state index in [1.807, 2.05) is 34.6 Å². The van der Waals surface area contributed by atoms with Crippen LogP contribution in [0.25, 0.3) is 6.08 Å². The van der Waals surface area contributed by atoms with Crippen LogP contribution in [0.1, 0.15) is 46.2 Å². The van der Waals surface area contributed by atoms with Gasteiger partial charge in [-0.1, -0.05) is 5.92 Å². The molecule has 1 aromatic heterocycles. The molecule has 0 saturated carbocycles. The molecule has 2 rings (SSSR count). The molecule has 112 valence electrons. The van der Waals surface area contributed by atoms with Crippen molar-refractivity contribution in [1.82, 2.24) is 9.78 Å². The molecule has 0 aromatic carbocycles. The molecule has 1 fully saturated rings. The van der Waals surface area contributed by atoms with Gasteiger partial charge in [0.2, 0.25) is 0 Å². The molecule has 1 aliphatic heterocycles. The Balaban J connectivity index is 2.16. The maximum atomic E-state index is 14.3. The third-order valence-corrected chi connectivity index (χ3v) is 4.04. The highest BCUT2D eigenvalue weighted by atomic mass is 19.1. The molecule has 21 heavy (non-hydrogen) atoms. The van der Waals surface area contributed by atoms with Gasteiger partial charge in [0, 0.05) is 11.8 Å². The number of aromatic nitrogens is 2. The van der Waals surface area contributed by atoms with Crippen molar-refractivity contribution in [2.45, 2.75) is 51.9 Å². The number of rotatable bonds is 3. The molecule has 0 aliphatic carbocycles. The van der Waals surface area contributed by atoms with Gasteiger partial charge in [-0.3, -0.25) is 4.68 Å². The van der Waals surface area contributed by atoms with Gasteiger partial charge in [-0.15, -0.1) is 6.42 Å². The maximum absolute atomic E-state index is 14.3. The van der Waals surface area contributed by atoms with Gasteiger partial charge >= 0.3 is 7.12 Å². The van der Waals surface area contributed by atoms with E-state index in [0.717, 1.165) is 0 Å². The summed E-state index contributed by atoms with van der Waals surface area (Å²) in [5.41, 5.74) is -0.999. The molecule has 1 unspecified atom stereocenters. The Morgan fingerprint density at radius 1 is 1.43 bits per heavy atom. The van der Waals surface area contributed by atoms with Gasteiger partial charge in [-0.05, 0) is 40.7 Å². The van der Waals surface area contributed by atoms with Crippen LogP contribution in [0.3, 0.4) is 0 Å². The van der Waals surface area contributed by atoms with Crippen molar-refractivity contribution in [1.29, 1.82) is 0 Å². The minimum Gasteiger partial charge on any atom is -0.398 e. The van der Waals surface area contributed by atoms with E-state index in [1.165, 1.54) is 6.08 Å². The first kappa shape index (κ1) is 15.8. The zero-order chi connectivity index (χ0) is 15.8. The topological polar surface area (TPSA) is 36.3 Å². The second-order valence-corrected chi connectivity index (χ2v) is 6.21. The molecule has 6 heteroatoms. The zero-order valence-electron chi connectivity index (χ0n) is 13.1. The lowest BCUT2D eigenvalue weighted by Crippen LogP contribution is -2.41. The fourth-order valence-electron chi connectivity index (χ4n) is 1.90. The second-order valence-electron chi connectivity index (χ2n) is 6.21. The molecule has 2 heterocycles. The fourth-order valence-corrected chi connectivity index (χ4v) is 1.90. The lowest BCUT2D eigenvalue weighted by Gasteiger charge is -2.32. The quantitative estimate of drug-likeness (QED) is 0.634. The van der Waals surface area contributed by atoms with Gasteiger partial charge in [0.15, 0.2) is 0 Å². The summed E-state index contributed by atoms with van der Waals surface area (Å²) in [6.07, 6.45) is 9.93. The molecule has 1 aliphatic rings. The fraction of sp³-hybridized carbons (Fsp3) is 0.533. The van der Waals surface area contributed by atoms with Crippen LogP contribution in [-0.4, -0.2) is 28.1 Å². The van der Waals surface area contributed by atoms with Crippen LogP contribution < -0.4 is 0 Å². The Morgan fingerprint density at radius 2 is 2.00 bits per heavy atom. The monoisotopic (exact) mass is 290 g/mol. The van der Waals surface area contributed by atoms with Crippen molar-refractivity contribution < 1.29 is 13.7 Å². The third-order valence-electron chi connectivity index (χ3n) is 4.04. The summed E-state index contributed by atoms with van der Waals surface area (Å²) in [6.45, 7) is 9.37. The summed E-state index contributed by atoms with van der Waals surface area (Å²) >= 11 is 0. The van der Waals surface area contributed by atoms with E-state index in [0.29, 0.717) is 5.56 Å². The van der Waals surface area contributed by atoms with Gasteiger partial charge in [0.1, 0.15) is 11.8 Å². The summed E-state index contributed by atoms with van der Waals surface area (Å²) in [5, 5.41) is 4.11. The van der Waals surface area contributed by atoms with Crippen LogP contribution in [0, 0.1) is 12.3 Å². The van der Waals surface area contributed by atoms with E-state index >= 15 is 0 Å². The molecular weight excluding hydrogens is 270 g/mol. The van der Waals surface area contributed by atoms with E-state index in [-0.39, 0.29) is 6.04 Å². The van der Waals surface area contributed by atoms with E-state index < -0.39 is 24.0 Å². The normalized spacial score (nSPS) is 22.1. The van der Waals surface area contributed by atoms with Gasteiger partial charge < -0.3 is 9.31 Å². The molecule has 4 nitrogen and oxygen atoms in total. The van der Waals surface area contributed by atoms with E-state index in [2.05, 4.69) is 11.0 Å². The number of hydrogen-bond donors (Lipinski definition) is 0. The van der Waals surface area contributed by atoms with Crippen molar-refractivity contribution >= 4 is 13.2 Å². The molecule has 0 N–H and O–H groups in total. The molecule has 0 amide bonds. The van der Waals surface area contributed by atoms with Crippen LogP contribution in [-0.2, 0) is 9.31 Å². The lowest BCUT2D eigenvalue weighted by molar-refractivity contribution is 0.00578. The Kier molecular flexibility index (Phi) is 4.01. The highest BCUT2D eigenvalue weighted by molar-refractivity contribution is 6.54. The molecule has 1 saturated heterocycles. The first-order valence-corrected chi connectivity index (χ1v) is 6.89. The Hall–Kier alpha value is -1.58. The summed E-state index contributed by atoms with van der Waals surface area (Å²) in [6, 6.07) is -0.174. The third kappa shape index (κ3) is 3.04. The number of halogens is 1. The zero-order valence-corrected chi connectivity index (χ0v) is 13.1. The second kappa shape index (κ2) is 5.32. The highest BCUT2D eigenvalue weighted by Crippen LogP contribution is 2.39. The number of nitrogens with zero attached hydrogens (tertiary/aromatic N) is 2. The molecule has 1 aromatic rings. The summed E-state index contributed by atoms with van der Waals surface area (Å²) in [5.74, 6) is 2.56. The Labute approximate surface area is 125 Å². The molecule has 1 atom stereocenters. The van der Waals surface area contributed by atoms with Crippen LogP contribution in [0.5, 0.6) is 0 Å². The van der Waals surface area contributed by atoms with Crippen LogP contribution >= 0.6 is 0 Å². The average molecular weight is 290 g/mol. The Bertz CT molecular complexity index is 585. The highest BCUT2D eigenvalue weighted by Gasteiger charge is 2.53. The van der Waals surface area contributed by atoms with E-state index in [4.69, 9.17) is 15.7 Å². The average Bonchev–Trinajstić information content (AvgIpc) is 2.92. The number of hydrogen-bond acceptors (Lipinski definition) is 3. The minimum atomic E-state index is -0.997. The number of terminal acetylenes is 1. The minimum absolute atomic E-state index is 0.174. The van der Waals surface area contributed by atoms with Crippen molar-refractivity contribution in [3.63, 3.8) is 0 Å². The smallest absolute Gasteiger partial charge is 0.398 e. The summed E-state index contributed by atoms with van der Waals surface area (Å²) < 4.78 is 27.2. The van der Waals surface area contributed by atoms with Crippen molar-refractivity contribution in [3.05, 3.63) is 23.7 Å². The van der Waals surface area contributed by atoms with Crippen molar-refractivity contribution in [2.75, 3.05) is 0 Å². The largest absolute Gasteiger partial charge is 0.525 e. The molecule has 0 radical (unpaired) electrons. The summed E-state index contributed by atoms with van der Waals surface area (Å²) in [7, 11) is -0.997. The van der Waals surface area contributed by atoms with Crippen molar-refractivity contribution in [2.24, 2.45) is 0 Å². The van der Waals surface area contributed by atoms with Crippen LogP contribution in [0.4, 0.5) is 4.39 Å². The van der Waals surface area contributed by atoms with Crippen LogP contribution in [0.15, 0.2) is 18.1 Å².